The van der Waals surface area contributed by atoms with Gasteiger partial charge >= 0.3 is 0 Å². The first-order valence-electron chi connectivity index (χ1n) is 7.99. The smallest absolute Gasteiger partial charge is 0.270 e. The van der Waals surface area contributed by atoms with Gasteiger partial charge in [-0.05, 0) is 36.4 Å². The molecular weight excluding hydrogens is 350 g/mol. The molecule has 0 aliphatic rings. The minimum Gasteiger partial charge on any atom is -0.497 e. The van der Waals surface area contributed by atoms with Crippen molar-refractivity contribution in [1.29, 1.82) is 0 Å². The summed E-state index contributed by atoms with van der Waals surface area (Å²) in [7, 11) is 1.60. The van der Waals surface area contributed by atoms with Gasteiger partial charge in [0.25, 0.3) is 11.6 Å². The second-order valence-corrected chi connectivity index (χ2v) is 5.65. The number of carbonyl (C=O) groups excluding carboxylic acids is 1. The molecule has 1 aromatic heterocycles. The molecule has 0 unspecified atom stereocenters. The quantitative estimate of drug-likeness (QED) is 0.488. The van der Waals surface area contributed by atoms with Crippen LogP contribution in [0, 0.1) is 10.1 Å². The summed E-state index contributed by atoms with van der Waals surface area (Å²) < 4.78 is 6.84. The maximum absolute atomic E-state index is 11.6. The van der Waals surface area contributed by atoms with Crippen LogP contribution in [0.1, 0.15) is 16.1 Å². The number of nitro benzene ring substituents is 1. The average Bonchev–Trinajstić information content (AvgIpc) is 3.15. The highest BCUT2D eigenvalue weighted by atomic mass is 16.6. The molecule has 1 amide bonds. The molecule has 0 atom stereocenters. The van der Waals surface area contributed by atoms with Crippen LogP contribution in [-0.2, 0) is 6.54 Å². The first-order chi connectivity index (χ1) is 13.0. The van der Waals surface area contributed by atoms with Crippen LogP contribution in [-0.4, -0.2) is 27.7 Å². The van der Waals surface area contributed by atoms with Crippen molar-refractivity contribution in [3.8, 4) is 11.4 Å². The van der Waals surface area contributed by atoms with E-state index in [9.17, 15) is 14.9 Å². The number of non-ortho nitro benzene ring substituents is 1. The molecule has 0 bridgehead atoms. The van der Waals surface area contributed by atoms with Crippen LogP contribution in [0.5, 0.6) is 5.75 Å². The maximum Gasteiger partial charge on any atom is 0.270 e. The van der Waals surface area contributed by atoms with E-state index in [-0.39, 0.29) is 11.3 Å². The second kappa shape index (κ2) is 7.56. The van der Waals surface area contributed by atoms with Crippen LogP contribution < -0.4 is 15.8 Å². The van der Waals surface area contributed by atoms with Crippen molar-refractivity contribution in [3.05, 3.63) is 76.1 Å². The Labute approximate surface area is 154 Å². The lowest BCUT2D eigenvalue weighted by Crippen LogP contribution is -2.15. The average molecular weight is 367 g/mol. The zero-order valence-corrected chi connectivity index (χ0v) is 14.5. The fourth-order valence-electron chi connectivity index (χ4n) is 2.52. The van der Waals surface area contributed by atoms with Gasteiger partial charge in [0.05, 0.1) is 35.5 Å². The van der Waals surface area contributed by atoms with Crippen molar-refractivity contribution in [2.45, 2.75) is 6.54 Å². The lowest BCUT2D eigenvalue weighted by molar-refractivity contribution is -0.384. The Balaban J connectivity index is 1.74. The predicted octanol–water partition coefficient (Wildman–Crippen LogP) is 2.50. The summed E-state index contributed by atoms with van der Waals surface area (Å²) in [5, 5.41) is 18.4. The van der Waals surface area contributed by atoms with Gasteiger partial charge in [-0.2, -0.15) is 5.10 Å². The van der Waals surface area contributed by atoms with Crippen LogP contribution >= 0.6 is 0 Å². The number of benzene rings is 2. The summed E-state index contributed by atoms with van der Waals surface area (Å²) in [5.41, 5.74) is 7.18. The number of primary amides is 1. The molecule has 0 saturated heterocycles. The number of anilines is 1. The maximum atomic E-state index is 11.6. The molecule has 9 heteroatoms. The Morgan fingerprint density at radius 3 is 2.63 bits per heavy atom. The minimum absolute atomic E-state index is 0.0544. The van der Waals surface area contributed by atoms with Crippen LogP contribution in [0.4, 0.5) is 11.4 Å². The number of ether oxygens (including phenoxy) is 1. The van der Waals surface area contributed by atoms with E-state index in [4.69, 9.17) is 10.5 Å². The first kappa shape index (κ1) is 17.9. The molecule has 3 N–H and O–H groups in total. The fraction of sp³-hybridized carbons (Fsp3) is 0.111. The highest BCUT2D eigenvalue weighted by Gasteiger charge is 2.14. The second-order valence-electron chi connectivity index (χ2n) is 5.65. The number of nitrogens with one attached hydrogen (secondary N) is 1. The topological polar surface area (TPSA) is 125 Å². The molecule has 0 radical (unpaired) electrons. The van der Waals surface area contributed by atoms with Gasteiger partial charge < -0.3 is 15.8 Å². The van der Waals surface area contributed by atoms with Gasteiger partial charge in [-0.25, -0.2) is 4.68 Å². The lowest BCUT2D eigenvalue weighted by atomic mass is 10.1. The third kappa shape index (κ3) is 4.03. The van der Waals surface area contributed by atoms with E-state index in [1.165, 1.54) is 12.1 Å². The van der Waals surface area contributed by atoms with E-state index in [1.807, 2.05) is 36.5 Å². The number of carbonyl (C=O) groups is 1. The molecule has 0 aliphatic carbocycles. The van der Waals surface area contributed by atoms with E-state index in [2.05, 4.69) is 10.4 Å². The van der Waals surface area contributed by atoms with Crippen molar-refractivity contribution < 1.29 is 14.5 Å². The summed E-state index contributed by atoms with van der Waals surface area (Å²) in [6.07, 6.45) is 1.81. The van der Waals surface area contributed by atoms with Crippen molar-refractivity contribution in [2.24, 2.45) is 5.73 Å². The Hall–Kier alpha value is -3.88. The molecule has 1 heterocycles. The van der Waals surface area contributed by atoms with Crippen LogP contribution in [0.15, 0.2) is 54.7 Å². The molecule has 0 spiro atoms. The Kier molecular flexibility index (Phi) is 5.02. The molecule has 0 aliphatic heterocycles. The van der Waals surface area contributed by atoms with Crippen LogP contribution in [0.25, 0.3) is 5.69 Å². The summed E-state index contributed by atoms with van der Waals surface area (Å²) in [6, 6.07) is 13.2. The zero-order chi connectivity index (χ0) is 19.4. The number of nitro groups is 1. The number of amides is 1. The summed E-state index contributed by atoms with van der Waals surface area (Å²) in [4.78, 5) is 21.9. The van der Waals surface area contributed by atoms with E-state index >= 15 is 0 Å². The molecule has 0 fully saturated rings. The first-order valence-corrected chi connectivity index (χ1v) is 7.99. The number of nitrogens with zero attached hydrogens (tertiary/aromatic N) is 3. The largest absolute Gasteiger partial charge is 0.497 e. The molecular formula is C18H17N5O4. The summed E-state index contributed by atoms with van der Waals surface area (Å²) >= 11 is 0. The molecule has 3 aromatic rings. The number of hydrogen-bond acceptors (Lipinski definition) is 6. The summed E-state index contributed by atoms with van der Waals surface area (Å²) in [5.74, 6) is 0.00918. The van der Waals surface area contributed by atoms with Crippen molar-refractivity contribution in [3.63, 3.8) is 0 Å². The van der Waals surface area contributed by atoms with Gasteiger partial charge in [0.2, 0.25) is 0 Å². The third-order valence-corrected chi connectivity index (χ3v) is 3.92. The van der Waals surface area contributed by atoms with Gasteiger partial charge in [0.1, 0.15) is 5.75 Å². The number of methoxy groups -OCH3 is 1. The van der Waals surface area contributed by atoms with Gasteiger partial charge in [-0.3, -0.25) is 14.9 Å². The van der Waals surface area contributed by atoms with E-state index < -0.39 is 10.8 Å². The Bertz CT molecular complexity index is 982. The van der Waals surface area contributed by atoms with Gasteiger partial charge in [-0.1, -0.05) is 0 Å². The standard InChI is InChI=1S/C18H17N5O4/c1-27-15-5-2-13(3-6-15)22-9-8-12(21-22)11-20-17-7-4-14(23(25)26)10-16(17)18(19)24/h2-10,20H,11H2,1H3,(H2,19,24). The SMILES string of the molecule is COc1ccc(-n2ccc(CNc3ccc([N+](=O)[O-])cc3C(N)=O)n2)cc1. The summed E-state index contributed by atoms with van der Waals surface area (Å²) in [6.45, 7) is 0.321. The highest BCUT2D eigenvalue weighted by molar-refractivity contribution is 5.99. The molecule has 0 saturated carbocycles. The third-order valence-electron chi connectivity index (χ3n) is 3.92. The van der Waals surface area contributed by atoms with Crippen molar-refractivity contribution >= 4 is 17.3 Å². The minimum atomic E-state index is -0.745. The molecule has 27 heavy (non-hydrogen) atoms. The van der Waals surface area contributed by atoms with Gasteiger partial charge in [0, 0.05) is 24.0 Å². The number of nitrogens with two attached hydrogens (primary N) is 1. The number of aromatic nitrogens is 2. The van der Waals surface area contributed by atoms with E-state index in [1.54, 1.807) is 11.8 Å². The Morgan fingerprint density at radius 2 is 2.00 bits per heavy atom. The molecule has 2 aromatic carbocycles. The van der Waals surface area contributed by atoms with Crippen LogP contribution in [0.3, 0.4) is 0 Å². The van der Waals surface area contributed by atoms with Gasteiger partial charge in [0.15, 0.2) is 0 Å². The number of rotatable bonds is 7. The molecule has 3 rings (SSSR count). The van der Waals surface area contributed by atoms with Gasteiger partial charge in [-0.15, -0.1) is 0 Å². The fourth-order valence-corrected chi connectivity index (χ4v) is 2.52. The van der Waals surface area contributed by atoms with Crippen LogP contribution in [0.2, 0.25) is 0 Å². The van der Waals surface area contributed by atoms with Crippen molar-refractivity contribution in [1.82, 2.24) is 9.78 Å². The van der Waals surface area contributed by atoms with E-state index in [0.717, 1.165) is 23.2 Å². The lowest BCUT2D eigenvalue weighted by Gasteiger charge is -2.09. The predicted molar refractivity (Wildman–Crippen MR) is 99.1 cm³/mol. The van der Waals surface area contributed by atoms with E-state index in [0.29, 0.717) is 12.2 Å². The monoisotopic (exact) mass is 367 g/mol. The number of hydrogen-bond donors (Lipinski definition) is 2. The zero-order valence-electron chi connectivity index (χ0n) is 14.5. The van der Waals surface area contributed by atoms with Crippen molar-refractivity contribution in [2.75, 3.05) is 12.4 Å². The molecule has 9 nitrogen and oxygen atoms in total. The highest BCUT2D eigenvalue weighted by Crippen LogP contribution is 2.22. The Morgan fingerprint density at radius 1 is 1.26 bits per heavy atom. The molecule has 138 valence electrons. The normalized spacial score (nSPS) is 10.4.